The van der Waals surface area contributed by atoms with Crippen LogP contribution in [-0.4, -0.2) is 22.9 Å². The number of aromatic nitrogens is 2. The first-order valence-electron chi connectivity index (χ1n) is 7.50. The molecule has 3 rings (SSSR count). The highest BCUT2D eigenvalue weighted by Crippen LogP contribution is 2.29. The third kappa shape index (κ3) is 2.38. The quantitative estimate of drug-likeness (QED) is 0.905. The van der Waals surface area contributed by atoms with Gasteiger partial charge in [0.25, 0.3) is 0 Å². The number of benzene rings is 1. The molecule has 0 amide bonds. The molecule has 106 valence electrons. The Hall–Kier alpha value is -1.61. The SMILES string of the molecule is Cc1cccc(-c2cn(C3CCCNC3)nc2C)c1C. The van der Waals surface area contributed by atoms with Gasteiger partial charge in [0.15, 0.2) is 0 Å². The van der Waals surface area contributed by atoms with Gasteiger partial charge >= 0.3 is 0 Å². The minimum Gasteiger partial charge on any atom is -0.315 e. The van der Waals surface area contributed by atoms with E-state index in [4.69, 9.17) is 5.10 Å². The summed E-state index contributed by atoms with van der Waals surface area (Å²) in [6, 6.07) is 7.01. The Morgan fingerprint density at radius 3 is 2.80 bits per heavy atom. The Morgan fingerprint density at radius 2 is 2.05 bits per heavy atom. The van der Waals surface area contributed by atoms with E-state index in [1.165, 1.54) is 35.1 Å². The average Bonchev–Trinajstić information content (AvgIpc) is 2.85. The summed E-state index contributed by atoms with van der Waals surface area (Å²) in [6.07, 6.45) is 4.69. The lowest BCUT2D eigenvalue weighted by molar-refractivity contribution is 0.346. The van der Waals surface area contributed by atoms with Crippen LogP contribution in [-0.2, 0) is 0 Å². The van der Waals surface area contributed by atoms with E-state index in [2.05, 4.69) is 55.2 Å². The molecule has 1 aliphatic rings. The summed E-state index contributed by atoms with van der Waals surface area (Å²) < 4.78 is 2.17. The van der Waals surface area contributed by atoms with Gasteiger partial charge in [-0.1, -0.05) is 18.2 Å². The summed E-state index contributed by atoms with van der Waals surface area (Å²) in [5, 5.41) is 8.22. The second-order valence-corrected chi connectivity index (χ2v) is 5.86. The maximum atomic E-state index is 4.76. The number of aryl methyl sites for hydroxylation is 2. The summed E-state index contributed by atoms with van der Waals surface area (Å²) in [5.41, 5.74) is 6.42. The van der Waals surface area contributed by atoms with Crippen LogP contribution in [0.2, 0.25) is 0 Å². The van der Waals surface area contributed by atoms with E-state index >= 15 is 0 Å². The highest BCUT2D eigenvalue weighted by molar-refractivity contribution is 5.69. The van der Waals surface area contributed by atoms with Crippen molar-refractivity contribution >= 4 is 0 Å². The highest BCUT2D eigenvalue weighted by atomic mass is 15.3. The average molecular weight is 269 g/mol. The van der Waals surface area contributed by atoms with Crippen molar-refractivity contribution < 1.29 is 0 Å². The molecular formula is C17H23N3. The van der Waals surface area contributed by atoms with E-state index in [0.717, 1.165) is 18.8 Å². The Kier molecular flexibility index (Phi) is 3.62. The highest BCUT2D eigenvalue weighted by Gasteiger charge is 2.18. The van der Waals surface area contributed by atoms with E-state index in [-0.39, 0.29) is 0 Å². The Labute approximate surface area is 121 Å². The van der Waals surface area contributed by atoms with E-state index in [0.29, 0.717) is 6.04 Å². The van der Waals surface area contributed by atoms with Crippen molar-refractivity contribution in [3.8, 4) is 11.1 Å². The normalized spacial score (nSPS) is 19.2. The Balaban J connectivity index is 1.98. The molecule has 3 heteroatoms. The molecule has 1 saturated heterocycles. The molecule has 3 nitrogen and oxygen atoms in total. The molecular weight excluding hydrogens is 246 g/mol. The molecule has 0 aliphatic carbocycles. The van der Waals surface area contributed by atoms with Gasteiger partial charge in [0.05, 0.1) is 11.7 Å². The van der Waals surface area contributed by atoms with Gasteiger partial charge in [0, 0.05) is 18.3 Å². The van der Waals surface area contributed by atoms with Gasteiger partial charge < -0.3 is 5.32 Å². The van der Waals surface area contributed by atoms with Crippen LogP contribution in [0.1, 0.15) is 35.7 Å². The number of piperidine rings is 1. The van der Waals surface area contributed by atoms with Crippen molar-refractivity contribution in [3.05, 3.63) is 41.2 Å². The second kappa shape index (κ2) is 5.41. The van der Waals surface area contributed by atoms with E-state index < -0.39 is 0 Å². The summed E-state index contributed by atoms with van der Waals surface area (Å²) in [6.45, 7) is 8.66. The van der Waals surface area contributed by atoms with Gasteiger partial charge in [-0.05, 0) is 56.8 Å². The van der Waals surface area contributed by atoms with Crippen LogP contribution in [0.25, 0.3) is 11.1 Å². The van der Waals surface area contributed by atoms with Crippen LogP contribution < -0.4 is 5.32 Å². The zero-order chi connectivity index (χ0) is 14.1. The summed E-state index contributed by atoms with van der Waals surface area (Å²) in [4.78, 5) is 0. The van der Waals surface area contributed by atoms with Gasteiger partial charge in [0.2, 0.25) is 0 Å². The fraction of sp³-hybridized carbons (Fsp3) is 0.471. The van der Waals surface area contributed by atoms with Crippen LogP contribution in [0.4, 0.5) is 0 Å². The number of nitrogens with one attached hydrogen (secondary N) is 1. The van der Waals surface area contributed by atoms with Crippen molar-refractivity contribution in [2.24, 2.45) is 0 Å². The summed E-state index contributed by atoms with van der Waals surface area (Å²) in [7, 11) is 0. The molecule has 1 unspecified atom stereocenters. The largest absolute Gasteiger partial charge is 0.315 e. The smallest absolute Gasteiger partial charge is 0.0672 e. The van der Waals surface area contributed by atoms with Crippen LogP contribution in [0.15, 0.2) is 24.4 Å². The monoisotopic (exact) mass is 269 g/mol. The zero-order valence-electron chi connectivity index (χ0n) is 12.6. The molecule has 2 aromatic rings. The molecule has 0 bridgehead atoms. The first-order chi connectivity index (χ1) is 9.66. The first-order valence-corrected chi connectivity index (χ1v) is 7.50. The van der Waals surface area contributed by atoms with Gasteiger partial charge in [-0.3, -0.25) is 4.68 Å². The molecule has 0 radical (unpaired) electrons. The van der Waals surface area contributed by atoms with E-state index in [9.17, 15) is 0 Å². The number of hydrogen-bond acceptors (Lipinski definition) is 2. The van der Waals surface area contributed by atoms with Crippen LogP contribution in [0, 0.1) is 20.8 Å². The van der Waals surface area contributed by atoms with Crippen molar-refractivity contribution in [3.63, 3.8) is 0 Å². The molecule has 20 heavy (non-hydrogen) atoms. The third-order valence-corrected chi connectivity index (χ3v) is 4.46. The molecule has 1 aliphatic heterocycles. The molecule has 1 aromatic heterocycles. The fourth-order valence-electron chi connectivity index (χ4n) is 3.04. The second-order valence-electron chi connectivity index (χ2n) is 5.86. The van der Waals surface area contributed by atoms with Crippen molar-refractivity contribution in [2.45, 2.75) is 39.7 Å². The van der Waals surface area contributed by atoms with Gasteiger partial charge in [0.1, 0.15) is 0 Å². The number of nitrogens with zero attached hydrogens (tertiary/aromatic N) is 2. The molecule has 0 spiro atoms. The molecule has 1 fully saturated rings. The lowest BCUT2D eigenvalue weighted by atomic mass is 9.98. The molecule has 1 aromatic carbocycles. The van der Waals surface area contributed by atoms with Crippen molar-refractivity contribution in [2.75, 3.05) is 13.1 Å². The van der Waals surface area contributed by atoms with Crippen molar-refractivity contribution in [1.29, 1.82) is 0 Å². The standard InChI is InChI=1S/C17H23N3/c1-12-6-4-8-16(13(12)2)17-11-20(19-14(17)3)15-7-5-9-18-10-15/h4,6,8,11,15,18H,5,7,9-10H2,1-3H3. The molecule has 0 saturated carbocycles. The number of hydrogen-bond donors (Lipinski definition) is 1. The molecule has 1 atom stereocenters. The lowest BCUT2D eigenvalue weighted by Gasteiger charge is -2.22. The first kappa shape index (κ1) is 13.4. The lowest BCUT2D eigenvalue weighted by Crippen LogP contribution is -2.31. The van der Waals surface area contributed by atoms with Crippen molar-refractivity contribution in [1.82, 2.24) is 15.1 Å². The Morgan fingerprint density at radius 1 is 1.20 bits per heavy atom. The summed E-state index contributed by atoms with van der Waals surface area (Å²) >= 11 is 0. The van der Waals surface area contributed by atoms with Gasteiger partial charge in [-0.25, -0.2) is 0 Å². The predicted molar refractivity (Wildman–Crippen MR) is 83.0 cm³/mol. The minimum atomic E-state index is 0.501. The predicted octanol–water partition coefficient (Wildman–Crippen LogP) is 3.40. The van der Waals surface area contributed by atoms with Crippen LogP contribution >= 0.6 is 0 Å². The van der Waals surface area contributed by atoms with Crippen LogP contribution in [0.5, 0.6) is 0 Å². The number of rotatable bonds is 2. The zero-order valence-corrected chi connectivity index (χ0v) is 12.6. The maximum absolute atomic E-state index is 4.76. The minimum absolute atomic E-state index is 0.501. The van der Waals surface area contributed by atoms with E-state index in [1.807, 2.05) is 0 Å². The molecule has 1 N–H and O–H groups in total. The Bertz CT molecular complexity index is 607. The maximum Gasteiger partial charge on any atom is 0.0672 e. The fourth-order valence-corrected chi connectivity index (χ4v) is 3.04. The topological polar surface area (TPSA) is 29.9 Å². The van der Waals surface area contributed by atoms with Crippen LogP contribution in [0.3, 0.4) is 0 Å². The molecule has 2 heterocycles. The van der Waals surface area contributed by atoms with E-state index in [1.54, 1.807) is 0 Å². The summed E-state index contributed by atoms with van der Waals surface area (Å²) in [5.74, 6) is 0. The van der Waals surface area contributed by atoms with Gasteiger partial charge in [-0.2, -0.15) is 5.10 Å². The third-order valence-electron chi connectivity index (χ3n) is 4.46. The van der Waals surface area contributed by atoms with Gasteiger partial charge in [-0.15, -0.1) is 0 Å².